The minimum absolute atomic E-state index is 0.902. The molecular formula is C52H32N2O. The van der Waals surface area contributed by atoms with Crippen molar-refractivity contribution in [2.24, 2.45) is 0 Å². The van der Waals surface area contributed by atoms with E-state index >= 15 is 0 Å². The summed E-state index contributed by atoms with van der Waals surface area (Å²) in [4.78, 5) is 2.39. The molecule has 11 aromatic rings. The normalized spacial score (nSPS) is 12.0. The van der Waals surface area contributed by atoms with Gasteiger partial charge in [0, 0.05) is 38.3 Å². The third-order valence-corrected chi connectivity index (χ3v) is 11.5. The highest BCUT2D eigenvalue weighted by Gasteiger charge is 2.25. The molecule has 0 atom stereocenters. The van der Waals surface area contributed by atoms with Crippen molar-refractivity contribution in [3.05, 3.63) is 194 Å². The first-order valence-corrected chi connectivity index (χ1v) is 18.9. The van der Waals surface area contributed by atoms with E-state index in [1.54, 1.807) is 0 Å². The van der Waals surface area contributed by atoms with Gasteiger partial charge in [-0.2, -0.15) is 0 Å². The van der Waals surface area contributed by atoms with Crippen LogP contribution >= 0.6 is 0 Å². The van der Waals surface area contributed by atoms with Gasteiger partial charge in [0.2, 0.25) is 0 Å². The van der Waals surface area contributed by atoms with Gasteiger partial charge in [-0.15, -0.1) is 0 Å². The molecule has 0 amide bonds. The van der Waals surface area contributed by atoms with Crippen molar-refractivity contribution < 1.29 is 4.42 Å². The third-order valence-electron chi connectivity index (χ3n) is 11.5. The molecule has 0 bridgehead atoms. The van der Waals surface area contributed by atoms with Crippen LogP contribution in [0.4, 0.5) is 17.1 Å². The molecule has 12 rings (SSSR count). The van der Waals surface area contributed by atoms with E-state index in [1.807, 2.05) is 12.1 Å². The highest BCUT2D eigenvalue weighted by atomic mass is 16.3. The van der Waals surface area contributed by atoms with Crippen molar-refractivity contribution in [1.29, 1.82) is 0 Å². The Morgan fingerprint density at radius 3 is 1.85 bits per heavy atom. The Labute approximate surface area is 317 Å². The smallest absolute Gasteiger partial charge is 0.159 e. The Morgan fingerprint density at radius 2 is 1.00 bits per heavy atom. The van der Waals surface area contributed by atoms with Crippen LogP contribution < -0.4 is 4.90 Å². The fourth-order valence-electron chi connectivity index (χ4n) is 9.12. The minimum Gasteiger partial charge on any atom is -0.454 e. The van der Waals surface area contributed by atoms with E-state index in [1.165, 1.54) is 60.6 Å². The second kappa shape index (κ2) is 11.6. The van der Waals surface area contributed by atoms with Gasteiger partial charge in [0.25, 0.3) is 0 Å². The first-order chi connectivity index (χ1) is 27.3. The van der Waals surface area contributed by atoms with E-state index in [9.17, 15) is 0 Å². The molecule has 0 spiro atoms. The summed E-state index contributed by atoms with van der Waals surface area (Å²) in [5.74, 6) is 0. The van der Waals surface area contributed by atoms with E-state index in [0.29, 0.717) is 0 Å². The number of furan rings is 1. The Balaban J connectivity index is 0.986. The largest absolute Gasteiger partial charge is 0.454 e. The first kappa shape index (κ1) is 30.1. The minimum atomic E-state index is 0.902. The number of nitrogens with zero attached hydrogens (tertiary/aromatic N) is 2. The molecule has 1 aliphatic carbocycles. The number of para-hydroxylation sites is 4. The molecule has 1 aliphatic rings. The quantitative estimate of drug-likeness (QED) is 0.178. The number of aromatic nitrogens is 1. The Kier molecular flexibility index (Phi) is 6.34. The summed E-state index contributed by atoms with van der Waals surface area (Å²) >= 11 is 0. The molecule has 0 unspecified atom stereocenters. The zero-order valence-corrected chi connectivity index (χ0v) is 29.8. The van der Waals surface area contributed by atoms with Crippen molar-refractivity contribution in [3.63, 3.8) is 0 Å². The van der Waals surface area contributed by atoms with Gasteiger partial charge in [0.05, 0.1) is 22.4 Å². The third kappa shape index (κ3) is 4.38. The molecule has 0 saturated carbocycles. The number of fused-ring (bicyclic) bond motifs is 9. The maximum Gasteiger partial charge on any atom is 0.159 e. The summed E-state index contributed by atoms with van der Waals surface area (Å²) in [6, 6.07) is 70.2. The second-order valence-electron chi connectivity index (χ2n) is 14.5. The monoisotopic (exact) mass is 700 g/mol. The molecule has 0 N–H and O–H groups in total. The molecule has 0 radical (unpaired) electrons. The molecule has 2 heterocycles. The number of anilines is 3. The number of hydrogen-bond donors (Lipinski definition) is 0. The average Bonchev–Trinajstić information content (AvgIpc) is 3.91. The van der Waals surface area contributed by atoms with E-state index in [2.05, 4.69) is 191 Å². The standard InChI is InChI=1S/C52H32N2O/c1-2-12-35(13-3-1)53(47-31-29-42-38-15-5-4-14-37(38)41-18-10-20-44(47)51(41)42)36-27-24-33(25-28-36)34-26-30-48-45(32-34)39-16-6-8-21-46(39)54(48)49-22-11-19-43-40-17-7-9-23-50(40)55-52(43)49/h1-32H. The maximum absolute atomic E-state index is 6.52. The van der Waals surface area contributed by atoms with E-state index < -0.39 is 0 Å². The van der Waals surface area contributed by atoms with Crippen LogP contribution in [0.3, 0.4) is 0 Å². The zero-order valence-electron chi connectivity index (χ0n) is 29.8. The molecule has 2 aromatic heterocycles. The van der Waals surface area contributed by atoms with Crippen LogP contribution in [-0.2, 0) is 0 Å². The van der Waals surface area contributed by atoms with Gasteiger partial charge < -0.3 is 13.9 Å². The lowest BCUT2D eigenvalue weighted by atomic mass is 9.99. The second-order valence-corrected chi connectivity index (χ2v) is 14.5. The van der Waals surface area contributed by atoms with E-state index in [4.69, 9.17) is 4.42 Å². The van der Waals surface area contributed by atoms with Crippen LogP contribution in [-0.4, -0.2) is 4.57 Å². The van der Waals surface area contributed by atoms with E-state index in [-0.39, 0.29) is 0 Å². The van der Waals surface area contributed by atoms with Gasteiger partial charge in [-0.25, -0.2) is 0 Å². The van der Waals surface area contributed by atoms with E-state index in [0.717, 1.165) is 50.0 Å². The molecule has 0 saturated heterocycles. The summed E-state index contributed by atoms with van der Waals surface area (Å²) in [7, 11) is 0. The SMILES string of the molecule is c1ccc(N(c2ccc(-c3ccc4c(c3)c3ccccc3n4-c3cccc4c3oc3ccccc34)cc2)c2ccc3c4c(cccc24)-c2ccccc2-3)cc1. The molecular weight excluding hydrogens is 669 g/mol. The lowest BCUT2D eigenvalue weighted by Gasteiger charge is -2.27. The summed E-state index contributed by atoms with van der Waals surface area (Å²) in [6.45, 7) is 0. The molecule has 3 nitrogen and oxygen atoms in total. The summed E-state index contributed by atoms with van der Waals surface area (Å²) in [5.41, 5.74) is 16.1. The lowest BCUT2D eigenvalue weighted by molar-refractivity contribution is 0.666. The van der Waals surface area contributed by atoms with Gasteiger partial charge in [0.1, 0.15) is 5.58 Å². The Hall–Kier alpha value is -7.36. The summed E-state index contributed by atoms with van der Waals surface area (Å²) < 4.78 is 8.88. The molecule has 55 heavy (non-hydrogen) atoms. The maximum atomic E-state index is 6.52. The van der Waals surface area contributed by atoms with Crippen LogP contribution in [0.15, 0.2) is 199 Å². The van der Waals surface area contributed by atoms with Crippen molar-refractivity contribution >= 4 is 71.6 Å². The summed E-state index contributed by atoms with van der Waals surface area (Å²) in [5, 5.41) is 7.26. The van der Waals surface area contributed by atoms with Crippen molar-refractivity contribution in [2.75, 3.05) is 4.90 Å². The average molecular weight is 701 g/mol. The van der Waals surface area contributed by atoms with Crippen molar-refractivity contribution in [1.82, 2.24) is 4.57 Å². The molecule has 3 heteroatoms. The lowest BCUT2D eigenvalue weighted by Crippen LogP contribution is -2.10. The Bertz CT molecular complexity index is 3290. The van der Waals surface area contributed by atoms with Crippen LogP contribution in [0.2, 0.25) is 0 Å². The number of rotatable bonds is 5. The zero-order chi connectivity index (χ0) is 36.0. The molecule has 256 valence electrons. The van der Waals surface area contributed by atoms with Gasteiger partial charge >= 0.3 is 0 Å². The van der Waals surface area contributed by atoms with Gasteiger partial charge in [-0.3, -0.25) is 0 Å². The molecule has 0 fully saturated rings. The van der Waals surface area contributed by atoms with Crippen LogP contribution in [0, 0.1) is 0 Å². The van der Waals surface area contributed by atoms with Crippen LogP contribution in [0.25, 0.3) is 93.6 Å². The highest BCUT2D eigenvalue weighted by Crippen LogP contribution is 2.51. The molecule has 0 aliphatic heterocycles. The predicted molar refractivity (Wildman–Crippen MR) is 230 cm³/mol. The van der Waals surface area contributed by atoms with Gasteiger partial charge in [-0.1, -0.05) is 133 Å². The van der Waals surface area contributed by atoms with Crippen molar-refractivity contribution in [2.45, 2.75) is 0 Å². The molecule has 9 aromatic carbocycles. The number of benzene rings is 9. The predicted octanol–water partition coefficient (Wildman–Crippen LogP) is 14.6. The van der Waals surface area contributed by atoms with Gasteiger partial charge in [0.15, 0.2) is 5.58 Å². The Morgan fingerprint density at radius 1 is 0.382 bits per heavy atom. The van der Waals surface area contributed by atoms with Gasteiger partial charge in [-0.05, 0) is 99.4 Å². The first-order valence-electron chi connectivity index (χ1n) is 18.9. The fourth-order valence-corrected chi connectivity index (χ4v) is 9.12. The van der Waals surface area contributed by atoms with Crippen LogP contribution in [0.1, 0.15) is 0 Å². The number of hydrogen-bond acceptors (Lipinski definition) is 2. The fraction of sp³-hybridized carbons (Fsp3) is 0. The van der Waals surface area contributed by atoms with Crippen molar-refractivity contribution in [3.8, 4) is 39.1 Å². The topological polar surface area (TPSA) is 21.3 Å². The summed E-state index contributed by atoms with van der Waals surface area (Å²) in [6.07, 6.45) is 0. The highest BCUT2D eigenvalue weighted by molar-refractivity contribution is 6.19. The van der Waals surface area contributed by atoms with Crippen LogP contribution in [0.5, 0.6) is 0 Å².